The highest BCUT2D eigenvalue weighted by Gasteiger charge is 2.07. The molecule has 0 saturated carbocycles. The monoisotopic (exact) mass is 368 g/mol. The summed E-state index contributed by atoms with van der Waals surface area (Å²) < 4.78 is 5.13. The van der Waals surface area contributed by atoms with Gasteiger partial charge in [0.15, 0.2) is 5.82 Å². The summed E-state index contributed by atoms with van der Waals surface area (Å²) in [6.07, 6.45) is 0. The predicted molar refractivity (Wildman–Crippen MR) is 102 cm³/mol. The van der Waals surface area contributed by atoms with Gasteiger partial charge in [-0.15, -0.1) is 10.2 Å². The van der Waals surface area contributed by atoms with E-state index in [1.54, 1.807) is 43.5 Å². The topological polar surface area (TPSA) is 76.1 Å². The van der Waals surface area contributed by atoms with Crippen LogP contribution >= 0.6 is 11.6 Å². The smallest absolute Gasteiger partial charge is 0.256 e. The Bertz CT molecular complexity index is 866. The van der Waals surface area contributed by atoms with Crippen molar-refractivity contribution in [3.05, 3.63) is 76.8 Å². The molecule has 7 heteroatoms. The molecule has 3 aromatic rings. The lowest BCUT2D eigenvalue weighted by molar-refractivity contribution is 0.102. The zero-order chi connectivity index (χ0) is 18.4. The Balaban J connectivity index is 1.55. The predicted octanol–water partition coefficient (Wildman–Crippen LogP) is 4.00. The summed E-state index contributed by atoms with van der Waals surface area (Å²) in [6, 6.07) is 17.8. The number of halogens is 1. The molecular weight excluding hydrogens is 352 g/mol. The number of anilines is 2. The Hall–Kier alpha value is -3.12. The standard InChI is InChI=1S/C19H17ClN4O2/c1-26-16-8-2-13(3-9-16)12-21-17-10-11-18(24-23-17)22-19(25)14-4-6-15(20)7-5-14/h2-11H,12H2,1H3,(H,21,23)(H,22,24,25). The molecule has 1 heterocycles. The van der Waals surface area contributed by atoms with Crippen LogP contribution in [0.15, 0.2) is 60.7 Å². The lowest BCUT2D eigenvalue weighted by Crippen LogP contribution is -2.13. The number of hydrogen-bond donors (Lipinski definition) is 2. The molecule has 26 heavy (non-hydrogen) atoms. The van der Waals surface area contributed by atoms with E-state index in [0.717, 1.165) is 11.3 Å². The zero-order valence-corrected chi connectivity index (χ0v) is 14.8. The van der Waals surface area contributed by atoms with Crippen molar-refractivity contribution >= 4 is 29.1 Å². The first-order chi connectivity index (χ1) is 12.6. The molecule has 0 fully saturated rings. The minimum absolute atomic E-state index is 0.269. The summed E-state index contributed by atoms with van der Waals surface area (Å²) in [5, 5.41) is 14.5. The van der Waals surface area contributed by atoms with Crippen LogP contribution in [0.3, 0.4) is 0 Å². The van der Waals surface area contributed by atoms with Crippen LogP contribution in [0, 0.1) is 0 Å². The normalized spacial score (nSPS) is 10.2. The van der Waals surface area contributed by atoms with Gasteiger partial charge >= 0.3 is 0 Å². The molecule has 0 aliphatic rings. The third-order valence-electron chi connectivity index (χ3n) is 3.65. The number of benzene rings is 2. The van der Waals surface area contributed by atoms with Crippen molar-refractivity contribution in [2.75, 3.05) is 17.7 Å². The van der Waals surface area contributed by atoms with E-state index in [9.17, 15) is 4.79 Å². The van der Waals surface area contributed by atoms with Gasteiger partial charge in [0, 0.05) is 17.1 Å². The molecule has 3 rings (SSSR count). The quantitative estimate of drug-likeness (QED) is 0.687. The minimum atomic E-state index is -0.269. The molecule has 0 aliphatic heterocycles. The molecule has 132 valence electrons. The molecule has 2 N–H and O–H groups in total. The number of nitrogens with one attached hydrogen (secondary N) is 2. The van der Waals surface area contributed by atoms with Gasteiger partial charge in [-0.1, -0.05) is 23.7 Å². The highest BCUT2D eigenvalue weighted by atomic mass is 35.5. The van der Waals surface area contributed by atoms with Crippen LogP contribution in [0.4, 0.5) is 11.6 Å². The largest absolute Gasteiger partial charge is 0.497 e. The van der Waals surface area contributed by atoms with Gasteiger partial charge in [0.05, 0.1) is 7.11 Å². The van der Waals surface area contributed by atoms with E-state index in [4.69, 9.17) is 16.3 Å². The second-order valence-corrected chi connectivity index (χ2v) is 5.90. The molecule has 0 atom stereocenters. The minimum Gasteiger partial charge on any atom is -0.497 e. The van der Waals surface area contributed by atoms with Crippen LogP contribution in [0.25, 0.3) is 0 Å². The van der Waals surface area contributed by atoms with Gasteiger partial charge in [-0.25, -0.2) is 0 Å². The summed E-state index contributed by atoms with van der Waals surface area (Å²) in [5.41, 5.74) is 1.59. The van der Waals surface area contributed by atoms with Crippen molar-refractivity contribution in [2.24, 2.45) is 0 Å². The third kappa shape index (κ3) is 4.70. The molecule has 0 radical (unpaired) electrons. The van der Waals surface area contributed by atoms with E-state index in [1.807, 2.05) is 24.3 Å². The number of nitrogens with zero attached hydrogens (tertiary/aromatic N) is 2. The fourth-order valence-electron chi connectivity index (χ4n) is 2.22. The first kappa shape index (κ1) is 17.7. The van der Waals surface area contributed by atoms with Crippen LogP contribution in [0.5, 0.6) is 5.75 Å². The molecule has 0 unspecified atom stereocenters. The van der Waals surface area contributed by atoms with E-state index < -0.39 is 0 Å². The highest BCUT2D eigenvalue weighted by molar-refractivity contribution is 6.30. The van der Waals surface area contributed by atoms with Crippen molar-refractivity contribution in [3.8, 4) is 5.75 Å². The van der Waals surface area contributed by atoms with Crippen molar-refractivity contribution in [1.82, 2.24) is 10.2 Å². The maximum absolute atomic E-state index is 12.1. The molecule has 1 aromatic heterocycles. The van der Waals surface area contributed by atoms with Crippen LogP contribution in [-0.4, -0.2) is 23.2 Å². The summed E-state index contributed by atoms with van der Waals surface area (Å²) in [6.45, 7) is 0.606. The molecule has 6 nitrogen and oxygen atoms in total. The average molecular weight is 369 g/mol. The Morgan fingerprint density at radius 1 is 0.962 bits per heavy atom. The summed E-state index contributed by atoms with van der Waals surface area (Å²) in [7, 11) is 1.64. The van der Waals surface area contributed by atoms with Gasteiger partial charge < -0.3 is 15.4 Å². The van der Waals surface area contributed by atoms with E-state index in [0.29, 0.717) is 28.8 Å². The Labute approximate surface area is 156 Å². The van der Waals surface area contributed by atoms with Crippen LogP contribution in [0.2, 0.25) is 5.02 Å². The first-order valence-electron chi connectivity index (χ1n) is 7.91. The van der Waals surface area contributed by atoms with Crippen LogP contribution < -0.4 is 15.4 Å². The summed E-state index contributed by atoms with van der Waals surface area (Å²) in [5.74, 6) is 1.54. The number of amides is 1. The third-order valence-corrected chi connectivity index (χ3v) is 3.90. The number of methoxy groups -OCH3 is 1. The maximum atomic E-state index is 12.1. The number of aromatic nitrogens is 2. The second-order valence-electron chi connectivity index (χ2n) is 5.47. The van der Waals surface area contributed by atoms with E-state index >= 15 is 0 Å². The Kier molecular flexibility index (Phi) is 5.66. The maximum Gasteiger partial charge on any atom is 0.256 e. The van der Waals surface area contributed by atoms with Crippen LogP contribution in [0.1, 0.15) is 15.9 Å². The van der Waals surface area contributed by atoms with Crippen molar-refractivity contribution in [1.29, 1.82) is 0 Å². The molecular formula is C19H17ClN4O2. The van der Waals surface area contributed by atoms with E-state index in [-0.39, 0.29) is 5.91 Å². The summed E-state index contributed by atoms with van der Waals surface area (Å²) in [4.78, 5) is 12.1. The number of rotatable bonds is 6. The lowest BCUT2D eigenvalue weighted by atomic mass is 10.2. The number of carbonyl (C=O) groups excluding carboxylic acids is 1. The zero-order valence-electron chi connectivity index (χ0n) is 14.1. The van der Waals surface area contributed by atoms with Gasteiger partial charge in [0.25, 0.3) is 5.91 Å². The van der Waals surface area contributed by atoms with E-state index in [2.05, 4.69) is 20.8 Å². The molecule has 1 amide bonds. The molecule has 0 bridgehead atoms. The van der Waals surface area contributed by atoms with Gasteiger partial charge in [0.2, 0.25) is 0 Å². The fraction of sp³-hybridized carbons (Fsp3) is 0.105. The summed E-state index contributed by atoms with van der Waals surface area (Å²) >= 11 is 5.82. The van der Waals surface area contributed by atoms with Crippen molar-refractivity contribution in [3.63, 3.8) is 0 Å². The SMILES string of the molecule is COc1ccc(CNc2ccc(NC(=O)c3ccc(Cl)cc3)nn2)cc1. The molecule has 0 spiro atoms. The fourth-order valence-corrected chi connectivity index (χ4v) is 2.34. The highest BCUT2D eigenvalue weighted by Crippen LogP contribution is 2.14. The van der Waals surface area contributed by atoms with Gasteiger partial charge in [0.1, 0.15) is 11.6 Å². The Morgan fingerprint density at radius 2 is 1.62 bits per heavy atom. The second kappa shape index (κ2) is 8.31. The van der Waals surface area contributed by atoms with Crippen molar-refractivity contribution in [2.45, 2.75) is 6.54 Å². The van der Waals surface area contributed by atoms with Crippen molar-refractivity contribution < 1.29 is 9.53 Å². The van der Waals surface area contributed by atoms with Crippen LogP contribution in [-0.2, 0) is 6.54 Å². The average Bonchev–Trinajstić information content (AvgIpc) is 2.68. The molecule has 2 aromatic carbocycles. The number of ether oxygens (including phenoxy) is 1. The van der Waals surface area contributed by atoms with E-state index in [1.165, 1.54) is 0 Å². The number of carbonyl (C=O) groups is 1. The first-order valence-corrected chi connectivity index (χ1v) is 8.29. The lowest BCUT2D eigenvalue weighted by Gasteiger charge is -2.07. The number of hydrogen-bond acceptors (Lipinski definition) is 5. The van der Waals surface area contributed by atoms with Gasteiger partial charge in [-0.2, -0.15) is 0 Å². The molecule has 0 aliphatic carbocycles. The van der Waals surface area contributed by atoms with Gasteiger partial charge in [-0.05, 0) is 54.1 Å². The molecule has 0 saturated heterocycles. The van der Waals surface area contributed by atoms with Gasteiger partial charge in [-0.3, -0.25) is 4.79 Å². The Morgan fingerprint density at radius 3 is 2.23 bits per heavy atom.